The van der Waals surface area contributed by atoms with Gasteiger partial charge in [-0.1, -0.05) is 12.1 Å². The Morgan fingerprint density at radius 3 is 2.50 bits per heavy atom. The van der Waals surface area contributed by atoms with Crippen molar-refractivity contribution in [2.24, 2.45) is 0 Å². The standard InChI is InChI=1S/C16H24N2O4S.ClH/c1-12(13-5-4-6-14(11-13)22-2)18-15(19)16(23(3,20)21)7-9-17-10-8-16;/h4-6,11-12,17H,7-10H2,1-3H3,(H,18,19);1H. The van der Waals surface area contributed by atoms with Crippen LogP contribution in [-0.4, -0.2) is 45.5 Å². The maximum atomic E-state index is 12.8. The summed E-state index contributed by atoms with van der Waals surface area (Å²) in [5.41, 5.74) is 0.871. The van der Waals surface area contributed by atoms with Crippen molar-refractivity contribution in [3.8, 4) is 5.75 Å². The Balaban J connectivity index is 0.00000288. The van der Waals surface area contributed by atoms with Crippen LogP contribution in [0.5, 0.6) is 5.75 Å². The van der Waals surface area contributed by atoms with Crippen molar-refractivity contribution in [1.82, 2.24) is 10.6 Å². The second kappa shape index (κ2) is 8.18. The molecule has 136 valence electrons. The summed E-state index contributed by atoms with van der Waals surface area (Å²) >= 11 is 0. The molecular weight excluding hydrogens is 352 g/mol. The van der Waals surface area contributed by atoms with Crippen LogP contribution in [0.2, 0.25) is 0 Å². The van der Waals surface area contributed by atoms with Gasteiger partial charge in [0.15, 0.2) is 14.6 Å². The molecule has 2 rings (SSSR count). The fourth-order valence-electron chi connectivity index (χ4n) is 2.92. The fraction of sp³-hybridized carbons (Fsp3) is 0.562. The zero-order chi connectivity index (χ0) is 17.1. The number of carbonyl (C=O) groups is 1. The maximum absolute atomic E-state index is 12.8. The Morgan fingerprint density at radius 2 is 1.96 bits per heavy atom. The van der Waals surface area contributed by atoms with E-state index >= 15 is 0 Å². The van der Waals surface area contributed by atoms with Crippen molar-refractivity contribution < 1.29 is 17.9 Å². The monoisotopic (exact) mass is 376 g/mol. The Hall–Kier alpha value is -1.31. The lowest BCUT2D eigenvalue weighted by Gasteiger charge is -2.35. The predicted molar refractivity (Wildman–Crippen MR) is 96.5 cm³/mol. The number of hydrogen-bond donors (Lipinski definition) is 2. The van der Waals surface area contributed by atoms with Gasteiger partial charge < -0.3 is 15.4 Å². The summed E-state index contributed by atoms with van der Waals surface area (Å²) in [5, 5.41) is 5.97. The van der Waals surface area contributed by atoms with Crippen molar-refractivity contribution in [3.63, 3.8) is 0 Å². The lowest BCUT2D eigenvalue weighted by Crippen LogP contribution is -2.57. The predicted octanol–water partition coefficient (Wildman–Crippen LogP) is 1.46. The molecule has 1 aromatic rings. The van der Waals surface area contributed by atoms with Crippen LogP contribution < -0.4 is 15.4 Å². The highest BCUT2D eigenvalue weighted by Gasteiger charge is 2.48. The highest BCUT2D eigenvalue weighted by Crippen LogP contribution is 2.29. The van der Waals surface area contributed by atoms with E-state index in [4.69, 9.17) is 4.74 Å². The first-order valence-corrected chi connectivity index (χ1v) is 9.54. The van der Waals surface area contributed by atoms with E-state index in [-0.39, 0.29) is 18.4 Å². The number of sulfone groups is 1. The Bertz CT molecular complexity index is 672. The van der Waals surface area contributed by atoms with Gasteiger partial charge >= 0.3 is 0 Å². The summed E-state index contributed by atoms with van der Waals surface area (Å²) in [6.45, 7) is 2.88. The number of carbonyl (C=O) groups excluding carboxylic acids is 1. The molecule has 1 heterocycles. The number of ether oxygens (including phenoxy) is 1. The smallest absolute Gasteiger partial charge is 0.242 e. The van der Waals surface area contributed by atoms with E-state index in [0.29, 0.717) is 31.7 Å². The van der Waals surface area contributed by atoms with Gasteiger partial charge in [-0.3, -0.25) is 4.79 Å². The average molecular weight is 377 g/mol. The van der Waals surface area contributed by atoms with Crippen molar-refractivity contribution in [2.75, 3.05) is 26.5 Å². The average Bonchev–Trinajstić information content (AvgIpc) is 2.54. The summed E-state index contributed by atoms with van der Waals surface area (Å²) in [4.78, 5) is 12.8. The molecule has 6 nitrogen and oxygen atoms in total. The van der Waals surface area contributed by atoms with Crippen LogP contribution in [0.3, 0.4) is 0 Å². The molecule has 1 aliphatic heterocycles. The highest BCUT2D eigenvalue weighted by molar-refractivity contribution is 7.92. The molecule has 1 aliphatic rings. The minimum Gasteiger partial charge on any atom is -0.497 e. The lowest BCUT2D eigenvalue weighted by molar-refractivity contribution is -0.125. The van der Waals surface area contributed by atoms with Gasteiger partial charge in [-0.15, -0.1) is 12.4 Å². The van der Waals surface area contributed by atoms with Crippen molar-refractivity contribution in [3.05, 3.63) is 29.8 Å². The molecule has 1 fully saturated rings. The lowest BCUT2D eigenvalue weighted by atomic mass is 9.95. The number of methoxy groups -OCH3 is 1. The maximum Gasteiger partial charge on any atom is 0.242 e. The molecule has 1 amide bonds. The van der Waals surface area contributed by atoms with E-state index in [1.807, 2.05) is 31.2 Å². The first kappa shape index (κ1) is 20.7. The van der Waals surface area contributed by atoms with Gasteiger partial charge in [-0.05, 0) is 50.6 Å². The van der Waals surface area contributed by atoms with Crippen molar-refractivity contribution in [1.29, 1.82) is 0 Å². The third-order valence-corrected chi connectivity index (χ3v) is 6.49. The van der Waals surface area contributed by atoms with Gasteiger partial charge in [-0.2, -0.15) is 0 Å². The number of halogens is 1. The van der Waals surface area contributed by atoms with E-state index in [2.05, 4.69) is 10.6 Å². The third kappa shape index (κ3) is 4.20. The molecular formula is C16H25ClN2O4S. The summed E-state index contributed by atoms with van der Waals surface area (Å²) in [6.07, 6.45) is 1.74. The molecule has 0 saturated carbocycles. The highest BCUT2D eigenvalue weighted by atomic mass is 35.5. The Labute approximate surface area is 149 Å². The minimum atomic E-state index is -3.50. The van der Waals surface area contributed by atoms with Crippen LogP contribution in [0, 0.1) is 0 Å². The normalized spacial score (nSPS) is 18.1. The van der Waals surface area contributed by atoms with Crippen molar-refractivity contribution in [2.45, 2.75) is 30.6 Å². The molecule has 0 radical (unpaired) electrons. The number of amides is 1. The third-order valence-electron chi connectivity index (χ3n) is 4.48. The van der Waals surface area contributed by atoms with Crippen LogP contribution in [0.1, 0.15) is 31.4 Å². The van der Waals surface area contributed by atoms with Gasteiger partial charge in [0.05, 0.1) is 13.2 Å². The number of rotatable bonds is 5. The van der Waals surface area contributed by atoms with E-state index in [0.717, 1.165) is 11.8 Å². The summed E-state index contributed by atoms with van der Waals surface area (Å²) in [6, 6.07) is 7.08. The second-order valence-corrected chi connectivity index (χ2v) is 8.31. The molecule has 0 spiro atoms. The largest absolute Gasteiger partial charge is 0.497 e. The molecule has 2 N–H and O–H groups in total. The van der Waals surface area contributed by atoms with Crippen LogP contribution in [0.4, 0.5) is 0 Å². The van der Waals surface area contributed by atoms with Crippen molar-refractivity contribution >= 4 is 28.2 Å². The van der Waals surface area contributed by atoms with Gasteiger partial charge in [0.2, 0.25) is 5.91 Å². The first-order valence-electron chi connectivity index (χ1n) is 7.65. The van der Waals surface area contributed by atoms with Crippen LogP contribution >= 0.6 is 12.4 Å². The number of piperidine rings is 1. The number of hydrogen-bond acceptors (Lipinski definition) is 5. The Kier molecular flexibility index (Phi) is 7.07. The molecule has 1 aromatic carbocycles. The summed E-state index contributed by atoms with van der Waals surface area (Å²) < 4.78 is 28.4. The molecule has 0 bridgehead atoms. The van der Waals surface area contributed by atoms with Gasteiger partial charge in [0.1, 0.15) is 5.75 Å². The van der Waals surface area contributed by atoms with E-state index in [1.54, 1.807) is 7.11 Å². The SMILES string of the molecule is COc1cccc(C(C)NC(=O)C2(S(C)(=O)=O)CCNCC2)c1.Cl. The Morgan fingerprint density at radius 1 is 1.33 bits per heavy atom. The zero-order valence-corrected chi connectivity index (χ0v) is 15.8. The molecule has 24 heavy (non-hydrogen) atoms. The van der Waals surface area contributed by atoms with E-state index in [1.165, 1.54) is 0 Å². The molecule has 1 atom stereocenters. The fourth-order valence-corrected chi connectivity index (χ4v) is 4.26. The van der Waals surface area contributed by atoms with Gasteiger partial charge in [0.25, 0.3) is 0 Å². The van der Waals surface area contributed by atoms with E-state index in [9.17, 15) is 13.2 Å². The molecule has 0 aliphatic carbocycles. The zero-order valence-electron chi connectivity index (χ0n) is 14.2. The summed E-state index contributed by atoms with van der Waals surface area (Å²) in [5.74, 6) is 0.278. The molecule has 0 aromatic heterocycles. The van der Waals surface area contributed by atoms with Crippen LogP contribution in [0.25, 0.3) is 0 Å². The van der Waals surface area contributed by atoms with Gasteiger partial charge in [-0.25, -0.2) is 8.42 Å². The topological polar surface area (TPSA) is 84.5 Å². The number of benzene rings is 1. The number of nitrogens with one attached hydrogen (secondary N) is 2. The van der Waals surface area contributed by atoms with E-state index < -0.39 is 20.5 Å². The minimum absolute atomic E-state index is 0. The molecule has 8 heteroatoms. The first-order chi connectivity index (χ1) is 10.8. The van der Waals surface area contributed by atoms with Gasteiger partial charge in [0, 0.05) is 6.26 Å². The van der Waals surface area contributed by atoms with Crippen LogP contribution in [-0.2, 0) is 14.6 Å². The molecule has 1 unspecified atom stereocenters. The van der Waals surface area contributed by atoms with Crippen LogP contribution in [0.15, 0.2) is 24.3 Å². The molecule has 1 saturated heterocycles. The summed E-state index contributed by atoms with van der Waals surface area (Å²) in [7, 11) is -1.92. The second-order valence-electron chi connectivity index (χ2n) is 5.99. The quantitative estimate of drug-likeness (QED) is 0.812.